The second-order valence-electron chi connectivity index (χ2n) is 9.22. The number of nitrogens with one attached hydrogen (secondary N) is 1. The van der Waals surface area contributed by atoms with Gasteiger partial charge in [0.15, 0.2) is 19.8 Å². The van der Waals surface area contributed by atoms with Crippen LogP contribution in [-0.2, 0) is 15.6 Å². The zero-order valence-corrected chi connectivity index (χ0v) is 24.6. The van der Waals surface area contributed by atoms with E-state index in [9.17, 15) is 28.3 Å². The molecule has 0 saturated heterocycles. The van der Waals surface area contributed by atoms with Crippen molar-refractivity contribution in [2.24, 2.45) is 0 Å². The maximum atomic E-state index is 14.0. The lowest BCUT2D eigenvalue weighted by Gasteiger charge is -2.51. The van der Waals surface area contributed by atoms with Crippen molar-refractivity contribution in [2.45, 2.75) is 64.8 Å². The molecular weight excluding hydrogens is 545 g/mol. The molecule has 4 rings (SSSR count). The highest BCUT2D eigenvalue weighted by molar-refractivity contribution is 7.48. The van der Waals surface area contributed by atoms with E-state index in [0.29, 0.717) is 32.1 Å². The first-order chi connectivity index (χ1) is 19.0. The maximum absolute atomic E-state index is 14.0. The number of aromatic nitrogens is 1. The normalized spacial score (nSPS) is 20.0. The molecule has 10 nitrogen and oxygen atoms in total. The molecule has 1 aromatic heterocycles. The minimum absolute atomic E-state index is 0.0204. The molecule has 2 aliphatic rings. The molecule has 1 aliphatic carbocycles. The molecule has 1 aliphatic heterocycles. The average molecular weight is 583 g/mol. The Morgan fingerprint density at radius 1 is 1.18 bits per heavy atom. The number of carbonyl (C=O) groups excluding carboxylic acids is 2. The molecule has 1 spiro atoms. The third-order valence-electron chi connectivity index (χ3n) is 7.17. The quantitative estimate of drug-likeness (QED) is 0.451. The number of carbonyl (C=O) groups is 2. The fourth-order valence-corrected chi connectivity index (χ4v) is 6.93. The SMILES string of the molecule is CC.CCOP(OCC)[C@H]1CCC2(C1)N(C)C(=O)c1c(O)c(=O)c(C(=O)NCc3ccc(F)cc3F)cn1N2C. The van der Waals surface area contributed by atoms with Crippen molar-refractivity contribution in [3.63, 3.8) is 0 Å². The Morgan fingerprint density at radius 3 is 2.42 bits per heavy atom. The minimum atomic E-state index is -1.18. The van der Waals surface area contributed by atoms with Gasteiger partial charge in [0.2, 0.25) is 5.43 Å². The van der Waals surface area contributed by atoms with Crippen LogP contribution in [0.4, 0.5) is 8.78 Å². The van der Waals surface area contributed by atoms with Gasteiger partial charge in [-0.15, -0.1) is 0 Å². The van der Waals surface area contributed by atoms with Crippen LogP contribution in [0.25, 0.3) is 0 Å². The van der Waals surface area contributed by atoms with E-state index in [-0.39, 0.29) is 23.5 Å². The molecule has 2 aromatic rings. The summed E-state index contributed by atoms with van der Waals surface area (Å²) in [5.41, 5.74) is -2.45. The van der Waals surface area contributed by atoms with Crippen LogP contribution in [0.2, 0.25) is 0 Å². The lowest BCUT2D eigenvalue weighted by Crippen LogP contribution is -2.67. The summed E-state index contributed by atoms with van der Waals surface area (Å²) >= 11 is 0. The van der Waals surface area contributed by atoms with Crippen LogP contribution in [0.5, 0.6) is 5.75 Å². The molecule has 0 bridgehead atoms. The molecular formula is C27H37F2N4O6P. The third-order valence-corrected chi connectivity index (χ3v) is 9.23. The number of halogens is 2. The van der Waals surface area contributed by atoms with E-state index in [1.54, 1.807) is 19.1 Å². The summed E-state index contributed by atoms with van der Waals surface area (Å²) < 4.78 is 40.2. The van der Waals surface area contributed by atoms with Crippen molar-refractivity contribution in [2.75, 3.05) is 32.3 Å². The number of fused-ring (bicyclic) bond motifs is 1. The Labute approximate surface area is 233 Å². The van der Waals surface area contributed by atoms with Crippen LogP contribution >= 0.6 is 8.38 Å². The van der Waals surface area contributed by atoms with Gasteiger partial charge >= 0.3 is 0 Å². The molecule has 2 N–H and O–H groups in total. The summed E-state index contributed by atoms with van der Waals surface area (Å²) in [5.74, 6) is -3.90. The van der Waals surface area contributed by atoms with Crippen molar-refractivity contribution in [1.82, 2.24) is 14.9 Å². The van der Waals surface area contributed by atoms with E-state index >= 15 is 0 Å². The lowest BCUT2D eigenvalue weighted by molar-refractivity contribution is 0.0403. The molecule has 1 fully saturated rings. The summed E-state index contributed by atoms with van der Waals surface area (Å²) in [4.78, 5) is 40.8. The largest absolute Gasteiger partial charge is 0.502 e. The van der Waals surface area contributed by atoms with Gasteiger partial charge in [0.1, 0.15) is 22.9 Å². The second-order valence-corrected chi connectivity index (χ2v) is 11.0. The first kappa shape index (κ1) is 31.4. The van der Waals surface area contributed by atoms with Crippen molar-refractivity contribution < 1.29 is 32.5 Å². The van der Waals surface area contributed by atoms with Gasteiger partial charge in [-0.05, 0) is 32.8 Å². The summed E-state index contributed by atoms with van der Waals surface area (Å²) in [6.07, 6.45) is 3.04. The van der Waals surface area contributed by atoms with Crippen LogP contribution in [0.3, 0.4) is 0 Å². The highest BCUT2D eigenvalue weighted by Crippen LogP contribution is 2.55. The van der Waals surface area contributed by atoms with Gasteiger partial charge in [-0.25, -0.2) is 8.78 Å². The molecule has 0 radical (unpaired) electrons. The van der Waals surface area contributed by atoms with Crippen molar-refractivity contribution in [3.05, 3.63) is 63.1 Å². The van der Waals surface area contributed by atoms with Gasteiger partial charge in [-0.1, -0.05) is 19.9 Å². The number of nitrogens with zero attached hydrogens (tertiary/aromatic N) is 3. The summed E-state index contributed by atoms with van der Waals surface area (Å²) in [6.45, 7) is 8.48. The van der Waals surface area contributed by atoms with Crippen LogP contribution in [-0.4, -0.2) is 65.1 Å². The molecule has 1 aromatic carbocycles. The summed E-state index contributed by atoms with van der Waals surface area (Å²) in [5, 5.41) is 14.9. The van der Waals surface area contributed by atoms with Crippen molar-refractivity contribution in [1.29, 1.82) is 0 Å². The number of benzene rings is 1. The zero-order chi connectivity index (χ0) is 29.8. The standard InChI is InChI=1S/C25H31F2N4O6P.C2H6/c1-5-36-38(37-6-2)17-9-10-25(12-17)29(3)24(35)20-22(33)21(32)18(14-31(20)30(25)4)23(34)28-13-15-7-8-16(26)11-19(15)27;1-2/h7-8,11,14,17,33H,5-6,9-10,12-13H2,1-4H3,(H,28,34);1-2H3/t17-,25?;/m0./s1. The van der Waals surface area contributed by atoms with Crippen LogP contribution < -0.4 is 15.8 Å². The summed E-state index contributed by atoms with van der Waals surface area (Å²) in [6, 6.07) is 2.93. The molecule has 2 amide bonds. The van der Waals surface area contributed by atoms with Gasteiger partial charge in [0, 0.05) is 50.5 Å². The predicted molar refractivity (Wildman–Crippen MR) is 148 cm³/mol. The molecule has 2 atom stereocenters. The van der Waals surface area contributed by atoms with E-state index in [1.807, 2.05) is 27.7 Å². The fraction of sp³-hybridized carbons (Fsp3) is 0.519. The first-order valence-corrected chi connectivity index (χ1v) is 14.6. The zero-order valence-electron chi connectivity index (χ0n) is 23.7. The fourth-order valence-electron chi connectivity index (χ4n) is 5.15. The van der Waals surface area contributed by atoms with E-state index in [4.69, 9.17) is 9.05 Å². The van der Waals surface area contributed by atoms with E-state index in [0.717, 1.165) is 12.5 Å². The number of hydrogen-bond acceptors (Lipinski definition) is 7. The summed E-state index contributed by atoms with van der Waals surface area (Å²) in [7, 11) is 2.16. The molecule has 1 saturated carbocycles. The smallest absolute Gasteiger partial charge is 0.278 e. The molecule has 1 unspecified atom stereocenters. The average Bonchev–Trinajstić information content (AvgIpc) is 3.39. The predicted octanol–water partition coefficient (Wildman–Crippen LogP) is 4.08. The molecule has 40 heavy (non-hydrogen) atoms. The molecule has 220 valence electrons. The number of rotatable bonds is 8. The van der Waals surface area contributed by atoms with Gasteiger partial charge in [0.05, 0.1) is 13.2 Å². The number of pyridine rings is 1. The van der Waals surface area contributed by atoms with Crippen LogP contribution in [0, 0.1) is 11.6 Å². The van der Waals surface area contributed by atoms with E-state index in [2.05, 4.69) is 5.32 Å². The minimum Gasteiger partial charge on any atom is -0.502 e. The Hall–Kier alpha value is -3.08. The highest BCUT2D eigenvalue weighted by atomic mass is 31.2. The Morgan fingerprint density at radius 2 is 1.82 bits per heavy atom. The van der Waals surface area contributed by atoms with Gasteiger partial charge < -0.3 is 24.4 Å². The third kappa shape index (κ3) is 5.70. The molecule has 13 heteroatoms. The van der Waals surface area contributed by atoms with Crippen molar-refractivity contribution in [3.8, 4) is 5.75 Å². The van der Waals surface area contributed by atoms with Crippen LogP contribution in [0.1, 0.15) is 73.4 Å². The number of hydrogen-bond donors (Lipinski definition) is 2. The first-order valence-electron chi connectivity index (χ1n) is 13.3. The van der Waals surface area contributed by atoms with Gasteiger partial charge in [-0.3, -0.25) is 24.1 Å². The van der Waals surface area contributed by atoms with Gasteiger partial charge in [-0.2, -0.15) is 0 Å². The maximum Gasteiger partial charge on any atom is 0.278 e. The number of aromatic hydroxyl groups is 1. The Balaban J connectivity index is 0.00000216. The second kappa shape index (κ2) is 13.1. The molecule has 2 heterocycles. The van der Waals surface area contributed by atoms with Crippen LogP contribution in [0.15, 0.2) is 29.2 Å². The van der Waals surface area contributed by atoms with Gasteiger partial charge in [0.25, 0.3) is 11.8 Å². The number of amides is 2. The van der Waals surface area contributed by atoms with Crippen molar-refractivity contribution >= 4 is 20.2 Å². The topological polar surface area (TPSA) is 113 Å². The Bertz CT molecular complexity index is 1300. The van der Waals surface area contributed by atoms with E-state index in [1.165, 1.54) is 21.8 Å². The lowest BCUT2D eigenvalue weighted by atomic mass is 10.0. The Kier molecular flexibility index (Phi) is 10.3. The highest BCUT2D eigenvalue weighted by Gasteiger charge is 2.54. The van der Waals surface area contributed by atoms with E-state index < -0.39 is 54.2 Å². The monoisotopic (exact) mass is 582 g/mol.